The molecule has 1 aromatic carbocycles. The second-order valence-electron chi connectivity index (χ2n) is 4.57. The summed E-state index contributed by atoms with van der Waals surface area (Å²) in [5.41, 5.74) is 7.37. The molecular weight excluding hydrogens is 269 g/mol. The van der Waals surface area contributed by atoms with Crippen LogP contribution in [0.25, 0.3) is 0 Å². The van der Waals surface area contributed by atoms with E-state index in [4.69, 9.17) is 5.73 Å². The van der Waals surface area contributed by atoms with Crippen molar-refractivity contribution in [3.63, 3.8) is 0 Å². The van der Waals surface area contributed by atoms with Crippen molar-refractivity contribution in [1.82, 2.24) is 4.57 Å². The lowest BCUT2D eigenvalue weighted by Gasteiger charge is -2.07. The highest BCUT2D eigenvalue weighted by molar-refractivity contribution is 6.03. The van der Waals surface area contributed by atoms with E-state index in [2.05, 4.69) is 17.2 Å². The van der Waals surface area contributed by atoms with Crippen LogP contribution in [-0.4, -0.2) is 17.0 Å². The van der Waals surface area contributed by atoms with E-state index in [0.717, 1.165) is 5.69 Å². The standard InChI is InChI=1S/C16H16FN3O/c1-11-5-8-15(20(11)2)16(21)19-13-7-6-12(4-3-9-18)14(17)10-13/h5-8,10H,9,18H2,1-2H3,(H,19,21). The van der Waals surface area contributed by atoms with Crippen LogP contribution in [0.15, 0.2) is 30.3 Å². The van der Waals surface area contributed by atoms with Crippen LogP contribution in [0.2, 0.25) is 0 Å². The fourth-order valence-corrected chi connectivity index (χ4v) is 1.88. The summed E-state index contributed by atoms with van der Waals surface area (Å²) in [6, 6.07) is 7.94. The summed E-state index contributed by atoms with van der Waals surface area (Å²) in [6.45, 7) is 2.08. The summed E-state index contributed by atoms with van der Waals surface area (Å²) in [5.74, 6) is 4.44. The molecule has 4 nitrogen and oxygen atoms in total. The Morgan fingerprint density at radius 2 is 2.14 bits per heavy atom. The molecule has 0 unspecified atom stereocenters. The van der Waals surface area contributed by atoms with Gasteiger partial charge in [-0.15, -0.1) is 0 Å². The maximum Gasteiger partial charge on any atom is 0.272 e. The Morgan fingerprint density at radius 3 is 2.71 bits per heavy atom. The molecule has 0 spiro atoms. The Kier molecular flexibility index (Phi) is 4.41. The number of benzene rings is 1. The number of aryl methyl sites for hydroxylation is 1. The average molecular weight is 285 g/mol. The highest BCUT2D eigenvalue weighted by atomic mass is 19.1. The van der Waals surface area contributed by atoms with Gasteiger partial charge in [-0.25, -0.2) is 4.39 Å². The lowest BCUT2D eigenvalue weighted by Crippen LogP contribution is -2.16. The maximum absolute atomic E-state index is 13.8. The van der Waals surface area contributed by atoms with Gasteiger partial charge in [-0.1, -0.05) is 11.8 Å². The van der Waals surface area contributed by atoms with Gasteiger partial charge in [-0.05, 0) is 37.3 Å². The van der Waals surface area contributed by atoms with Crippen LogP contribution < -0.4 is 11.1 Å². The van der Waals surface area contributed by atoms with Crippen molar-refractivity contribution in [3.8, 4) is 11.8 Å². The van der Waals surface area contributed by atoms with E-state index in [1.165, 1.54) is 12.1 Å². The molecule has 0 aliphatic rings. The van der Waals surface area contributed by atoms with E-state index in [-0.39, 0.29) is 18.0 Å². The molecule has 5 heteroatoms. The Balaban J connectivity index is 2.19. The van der Waals surface area contributed by atoms with Crippen molar-refractivity contribution in [2.24, 2.45) is 12.8 Å². The zero-order chi connectivity index (χ0) is 15.4. The van der Waals surface area contributed by atoms with E-state index in [1.54, 1.807) is 23.7 Å². The number of nitrogens with two attached hydrogens (primary N) is 1. The van der Waals surface area contributed by atoms with Gasteiger partial charge >= 0.3 is 0 Å². The summed E-state index contributed by atoms with van der Waals surface area (Å²) in [5, 5.41) is 2.66. The molecule has 1 aromatic heterocycles. The van der Waals surface area contributed by atoms with E-state index >= 15 is 0 Å². The number of anilines is 1. The SMILES string of the molecule is Cc1ccc(C(=O)Nc2ccc(C#CCN)c(F)c2)n1C. The molecule has 0 atom stereocenters. The minimum absolute atomic E-state index is 0.171. The van der Waals surface area contributed by atoms with Crippen LogP contribution in [0.5, 0.6) is 0 Å². The number of amides is 1. The number of halogens is 1. The van der Waals surface area contributed by atoms with Gasteiger partial charge in [0.05, 0.1) is 12.1 Å². The van der Waals surface area contributed by atoms with Gasteiger partial charge in [-0.3, -0.25) is 4.79 Å². The molecule has 0 radical (unpaired) electrons. The molecule has 0 saturated heterocycles. The molecule has 1 amide bonds. The number of hydrogen-bond donors (Lipinski definition) is 2. The molecule has 3 N–H and O–H groups in total. The van der Waals surface area contributed by atoms with E-state index in [9.17, 15) is 9.18 Å². The number of carbonyl (C=O) groups excluding carboxylic acids is 1. The summed E-state index contributed by atoms with van der Waals surface area (Å²) in [6.07, 6.45) is 0. The number of aromatic nitrogens is 1. The Labute approximate surface area is 122 Å². The van der Waals surface area contributed by atoms with Crippen LogP contribution in [0.1, 0.15) is 21.7 Å². The number of rotatable bonds is 2. The smallest absolute Gasteiger partial charge is 0.272 e. The molecular formula is C16H16FN3O. The molecule has 0 aliphatic carbocycles. The third-order valence-electron chi connectivity index (χ3n) is 3.16. The molecule has 1 heterocycles. The molecule has 21 heavy (non-hydrogen) atoms. The molecule has 0 saturated carbocycles. The highest BCUT2D eigenvalue weighted by Crippen LogP contribution is 2.15. The third-order valence-corrected chi connectivity index (χ3v) is 3.16. The van der Waals surface area contributed by atoms with Crippen LogP contribution >= 0.6 is 0 Å². The van der Waals surface area contributed by atoms with E-state index < -0.39 is 5.82 Å². The van der Waals surface area contributed by atoms with Crippen molar-refractivity contribution >= 4 is 11.6 Å². The second-order valence-corrected chi connectivity index (χ2v) is 4.57. The van der Waals surface area contributed by atoms with E-state index in [1.807, 2.05) is 13.0 Å². The third kappa shape index (κ3) is 3.30. The van der Waals surface area contributed by atoms with Crippen LogP contribution in [-0.2, 0) is 7.05 Å². The van der Waals surface area contributed by atoms with Crippen molar-refractivity contribution in [1.29, 1.82) is 0 Å². The van der Waals surface area contributed by atoms with Crippen molar-refractivity contribution < 1.29 is 9.18 Å². The molecule has 2 rings (SSSR count). The number of hydrogen-bond acceptors (Lipinski definition) is 2. The molecule has 0 fully saturated rings. The van der Waals surface area contributed by atoms with Crippen LogP contribution in [0.3, 0.4) is 0 Å². The van der Waals surface area contributed by atoms with Crippen molar-refractivity contribution in [2.45, 2.75) is 6.92 Å². The lowest BCUT2D eigenvalue weighted by molar-refractivity contribution is 0.101. The van der Waals surface area contributed by atoms with Crippen LogP contribution in [0.4, 0.5) is 10.1 Å². The maximum atomic E-state index is 13.8. The molecule has 0 bridgehead atoms. The molecule has 108 valence electrons. The minimum Gasteiger partial charge on any atom is -0.344 e. The van der Waals surface area contributed by atoms with Gasteiger partial charge in [0.1, 0.15) is 11.5 Å². The van der Waals surface area contributed by atoms with Gasteiger partial charge in [0.15, 0.2) is 0 Å². The fraction of sp³-hybridized carbons (Fsp3) is 0.188. The second kappa shape index (κ2) is 6.25. The Hall–Kier alpha value is -2.58. The number of nitrogens with zero attached hydrogens (tertiary/aromatic N) is 1. The summed E-state index contributed by atoms with van der Waals surface area (Å²) in [7, 11) is 1.80. The zero-order valence-electron chi connectivity index (χ0n) is 11.9. The first-order chi connectivity index (χ1) is 10.0. The Morgan fingerprint density at radius 1 is 1.38 bits per heavy atom. The minimum atomic E-state index is -0.489. The molecule has 0 aliphatic heterocycles. The average Bonchev–Trinajstić information content (AvgIpc) is 2.78. The zero-order valence-corrected chi connectivity index (χ0v) is 11.9. The first kappa shape index (κ1) is 14.8. The topological polar surface area (TPSA) is 60.1 Å². The first-order valence-electron chi connectivity index (χ1n) is 6.45. The number of carbonyl (C=O) groups is 1. The summed E-state index contributed by atoms with van der Waals surface area (Å²) in [4.78, 5) is 12.1. The quantitative estimate of drug-likeness (QED) is 0.829. The van der Waals surface area contributed by atoms with Gasteiger partial charge in [0.2, 0.25) is 0 Å². The summed E-state index contributed by atoms with van der Waals surface area (Å²) >= 11 is 0. The predicted molar refractivity (Wildman–Crippen MR) is 80.4 cm³/mol. The lowest BCUT2D eigenvalue weighted by atomic mass is 10.2. The van der Waals surface area contributed by atoms with Crippen molar-refractivity contribution in [3.05, 3.63) is 53.1 Å². The highest BCUT2D eigenvalue weighted by Gasteiger charge is 2.11. The van der Waals surface area contributed by atoms with Gasteiger partial charge in [0.25, 0.3) is 5.91 Å². The largest absolute Gasteiger partial charge is 0.344 e. The van der Waals surface area contributed by atoms with E-state index in [0.29, 0.717) is 11.4 Å². The number of nitrogens with one attached hydrogen (secondary N) is 1. The monoisotopic (exact) mass is 285 g/mol. The normalized spacial score (nSPS) is 9.90. The molecule has 2 aromatic rings. The van der Waals surface area contributed by atoms with Crippen LogP contribution in [0, 0.1) is 24.6 Å². The first-order valence-corrected chi connectivity index (χ1v) is 6.45. The van der Waals surface area contributed by atoms with Gasteiger partial charge in [0, 0.05) is 18.4 Å². The predicted octanol–water partition coefficient (Wildman–Crippen LogP) is 2.04. The van der Waals surface area contributed by atoms with Crippen molar-refractivity contribution in [2.75, 3.05) is 11.9 Å². The van der Waals surface area contributed by atoms with Gasteiger partial charge in [-0.2, -0.15) is 0 Å². The summed E-state index contributed by atoms with van der Waals surface area (Å²) < 4.78 is 15.6. The Bertz CT molecular complexity index is 738. The van der Waals surface area contributed by atoms with Gasteiger partial charge < -0.3 is 15.6 Å². The fourth-order valence-electron chi connectivity index (χ4n) is 1.88.